The zero-order valence-electron chi connectivity index (χ0n) is 31.0. The van der Waals surface area contributed by atoms with E-state index in [1.54, 1.807) is 6.07 Å². The van der Waals surface area contributed by atoms with Crippen LogP contribution in [0.3, 0.4) is 0 Å². The van der Waals surface area contributed by atoms with E-state index < -0.39 is 0 Å². The zero-order chi connectivity index (χ0) is 37.4. The zero-order valence-corrected chi connectivity index (χ0v) is 33.3. The third kappa shape index (κ3) is 6.89. The number of phenolic OH excluding ortho intramolecular Hbond substituents is 1. The van der Waals surface area contributed by atoms with Gasteiger partial charge in [0, 0.05) is 44.1 Å². The van der Waals surface area contributed by atoms with E-state index in [9.17, 15) is 5.11 Å². The molecule has 274 valence electrons. The van der Waals surface area contributed by atoms with Gasteiger partial charge in [0.05, 0.1) is 16.6 Å². The molecule has 0 atom stereocenters. The van der Waals surface area contributed by atoms with Crippen molar-refractivity contribution in [3.8, 4) is 67.5 Å². The van der Waals surface area contributed by atoms with Crippen LogP contribution < -0.4 is 0 Å². The minimum Gasteiger partial charge on any atom is -0.507 e. The minimum atomic E-state index is -0.328. The molecule has 1 N–H and O–H groups in total. The van der Waals surface area contributed by atoms with Gasteiger partial charge in [-0.05, 0) is 64.2 Å². The van der Waals surface area contributed by atoms with E-state index in [4.69, 9.17) is 9.97 Å². The number of hydrogen-bond donors (Lipinski definition) is 1. The summed E-state index contributed by atoms with van der Waals surface area (Å²) in [6.45, 7) is 4.54. The van der Waals surface area contributed by atoms with Crippen LogP contribution in [0.1, 0.15) is 25.0 Å². The van der Waals surface area contributed by atoms with Gasteiger partial charge in [-0.3, -0.25) is 9.55 Å². The molecule has 0 aliphatic carbocycles. The summed E-state index contributed by atoms with van der Waals surface area (Å²) in [4.78, 5) is 10.2. The Hall–Kier alpha value is -6.35. The number of hydrogen-bond acceptors (Lipinski definition) is 3. The molecule has 0 unspecified atom stereocenters. The Balaban J connectivity index is 0.00000441. The molecule has 2 heterocycles. The second-order valence-electron chi connectivity index (χ2n) is 14.4. The average molecular weight is 904 g/mol. The topological polar surface area (TPSA) is 50.9 Å². The van der Waals surface area contributed by atoms with Crippen molar-refractivity contribution in [1.29, 1.82) is 0 Å². The summed E-state index contributed by atoms with van der Waals surface area (Å²) in [7, 11) is 0. The summed E-state index contributed by atoms with van der Waals surface area (Å²) in [5.41, 5.74) is 13.5. The molecular formula is C51H38N3OPt-. The molecule has 5 heteroatoms. The van der Waals surface area contributed by atoms with Crippen LogP contribution in [0.5, 0.6) is 5.75 Å². The minimum absolute atomic E-state index is 0. The normalized spacial score (nSPS) is 11.3. The fourth-order valence-electron chi connectivity index (χ4n) is 7.48. The van der Waals surface area contributed by atoms with E-state index in [0.717, 1.165) is 66.9 Å². The van der Waals surface area contributed by atoms with Gasteiger partial charge in [-0.1, -0.05) is 158 Å². The maximum absolute atomic E-state index is 11.2. The maximum atomic E-state index is 11.2. The summed E-state index contributed by atoms with van der Waals surface area (Å²) in [5.74, 6) is 0.831. The van der Waals surface area contributed by atoms with Gasteiger partial charge in [-0.25, -0.2) is 4.98 Å². The summed E-state index contributed by atoms with van der Waals surface area (Å²) in [5, 5.41) is 11.2. The van der Waals surface area contributed by atoms with Gasteiger partial charge in [0.1, 0.15) is 11.6 Å². The number of para-hydroxylation sites is 2. The number of aromatic hydroxyl groups is 1. The fraction of sp³-hybridized carbons (Fsp3) is 0.0588. The Labute approximate surface area is 342 Å². The van der Waals surface area contributed by atoms with Gasteiger partial charge in [0.2, 0.25) is 0 Å². The summed E-state index contributed by atoms with van der Waals surface area (Å²) in [6, 6.07) is 66.1. The molecule has 0 aliphatic heterocycles. The van der Waals surface area contributed by atoms with Crippen molar-refractivity contribution in [2.75, 3.05) is 0 Å². The van der Waals surface area contributed by atoms with Crippen molar-refractivity contribution < 1.29 is 26.2 Å². The van der Waals surface area contributed by atoms with Gasteiger partial charge in [-0.2, -0.15) is 0 Å². The second-order valence-corrected chi connectivity index (χ2v) is 14.4. The van der Waals surface area contributed by atoms with Crippen LogP contribution in [-0.4, -0.2) is 19.6 Å². The molecular weight excluding hydrogens is 866 g/mol. The number of aromatic nitrogens is 3. The van der Waals surface area contributed by atoms with Crippen molar-refractivity contribution >= 4 is 11.0 Å². The summed E-state index contributed by atoms with van der Waals surface area (Å²) in [6.07, 6.45) is 1.88. The molecule has 0 amide bonds. The molecule has 0 saturated carbocycles. The first-order valence-electron chi connectivity index (χ1n) is 18.6. The third-order valence-corrected chi connectivity index (χ3v) is 10.6. The van der Waals surface area contributed by atoms with Crippen LogP contribution in [0.2, 0.25) is 0 Å². The third-order valence-electron chi connectivity index (χ3n) is 10.6. The van der Waals surface area contributed by atoms with E-state index >= 15 is 0 Å². The smallest absolute Gasteiger partial charge is 0.148 e. The molecule has 0 saturated heterocycles. The van der Waals surface area contributed by atoms with Crippen molar-refractivity contribution in [1.82, 2.24) is 14.5 Å². The van der Waals surface area contributed by atoms with Crippen molar-refractivity contribution in [3.05, 3.63) is 205 Å². The van der Waals surface area contributed by atoms with Gasteiger partial charge < -0.3 is 5.11 Å². The van der Waals surface area contributed by atoms with Gasteiger partial charge in [0.15, 0.2) is 0 Å². The number of imidazole rings is 1. The van der Waals surface area contributed by atoms with Gasteiger partial charge in [-0.15, -0.1) is 29.3 Å². The molecule has 9 rings (SSSR count). The van der Waals surface area contributed by atoms with Crippen LogP contribution in [0.4, 0.5) is 0 Å². The Morgan fingerprint density at radius 3 is 1.82 bits per heavy atom. The largest absolute Gasteiger partial charge is 0.507 e. The van der Waals surface area contributed by atoms with E-state index in [1.807, 2.05) is 36.5 Å². The van der Waals surface area contributed by atoms with E-state index in [-0.39, 0.29) is 32.2 Å². The number of nitrogens with zero attached hydrogens (tertiary/aromatic N) is 3. The van der Waals surface area contributed by atoms with Crippen molar-refractivity contribution in [3.63, 3.8) is 0 Å². The second kappa shape index (κ2) is 15.4. The van der Waals surface area contributed by atoms with Crippen LogP contribution in [0, 0.1) is 6.07 Å². The molecule has 0 bridgehead atoms. The van der Waals surface area contributed by atoms with E-state index in [0.29, 0.717) is 11.4 Å². The molecule has 0 spiro atoms. The predicted octanol–water partition coefficient (Wildman–Crippen LogP) is 12.6. The maximum Gasteiger partial charge on any atom is 0.148 e. The molecule has 9 aromatic rings. The average Bonchev–Trinajstić information content (AvgIpc) is 3.64. The quantitative estimate of drug-likeness (QED) is 0.155. The fourth-order valence-corrected chi connectivity index (χ4v) is 7.48. The molecule has 2 aromatic heterocycles. The number of fused-ring (bicyclic) bond motifs is 1. The van der Waals surface area contributed by atoms with Gasteiger partial charge >= 0.3 is 0 Å². The molecule has 56 heavy (non-hydrogen) atoms. The Bertz CT molecular complexity index is 2780. The Kier molecular flexibility index (Phi) is 10.1. The predicted molar refractivity (Wildman–Crippen MR) is 225 cm³/mol. The first kappa shape index (κ1) is 36.6. The van der Waals surface area contributed by atoms with Gasteiger partial charge in [0.25, 0.3) is 0 Å². The number of rotatable bonds is 8. The van der Waals surface area contributed by atoms with E-state index in [2.05, 4.69) is 170 Å². The van der Waals surface area contributed by atoms with Crippen LogP contribution >= 0.6 is 0 Å². The summed E-state index contributed by atoms with van der Waals surface area (Å²) < 4.78 is 2.15. The molecule has 0 fully saturated rings. The molecule has 0 radical (unpaired) electrons. The number of phenols is 1. The van der Waals surface area contributed by atoms with Crippen molar-refractivity contribution in [2.45, 2.75) is 19.3 Å². The number of pyridine rings is 1. The SMILES string of the molecule is CC(C)(c1ccccc1)c1cc(-c2cc(-c3ccccc3)ccn2)[c-]c(-c2cccc3c2nc(-c2ccccc2O)n3-c2ccc(-c3ccccc3)cc2)c1.[Pt]. The standard InChI is InChI=1S/C51H38N3O.Pt/c1-51(2,41-19-10-5-11-20-41)42-32-39(31-40(33-42)46-34-38(29-30-52-46)36-17-8-4-9-18-36)44-22-14-23-47-49(44)53-50(45-21-12-13-24-48(45)55)54(47)43-27-25-37(26-28-43)35-15-6-3-7-16-35;/h3-30,32-34,55H,1-2H3;/q-1;. The first-order chi connectivity index (χ1) is 26.9. The van der Waals surface area contributed by atoms with Crippen LogP contribution in [0.15, 0.2) is 188 Å². The van der Waals surface area contributed by atoms with Crippen molar-refractivity contribution in [2.24, 2.45) is 0 Å². The number of benzene rings is 7. The monoisotopic (exact) mass is 903 g/mol. The van der Waals surface area contributed by atoms with Crippen LogP contribution in [0.25, 0.3) is 72.7 Å². The molecule has 0 aliphatic rings. The van der Waals surface area contributed by atoms with E-state index in [1.165, 1.54) is 5.56 Å². The Morgan fingerprint density at radius 2 is 1.12 bits per heavy atom. The van der Waals surface area contributed by atoms with Crippen LogP contribution in [-0.2, 0) is 26.5 Å². The Morgan fingerprint density at radius 1 is 0.536 bits per heavy atom. The molecule has 7 aromatic carbocycles. The molecule has 4 nitrogen and oxygen atoms in total. The summed E-state index contributed by atoms with van der Waals surface area (Å²) >= 11 is 0. The first-order valence-corrected chi connectivity index (χ1v) is 18.6.